The Morgan fingerprint density at radius 1 is 1.20 bits per heavy atom. The summed E-state index contributed by atoms with van der Waals surface area (Å²) in [7, 11) is 0. The second-order valence-electron chi connectivity index (χ2n) is 6.84. The third-order valence-electron chi connectivity index (χ3n) is 5.24. The average molecular weight is 355 g/mol. The van der Waals surface area contributed by atoms with Crippen molar-refractivity contribution >= 4 is 5.96 Å². The van der Waals surface area contributed by atoms with Crippen molar-refractivity contribution in [1.82, 2.24) is 4.90 Å². The topological polar surface area (TPSA) is 50.8 Å². The summed E-state index contributed by atoms with van der Waals surface area (Å²) < 4.78 is 44.5. The molecule has 1 aromatic carbocycles. The summed E-state index contributed by atoms with van der Waals surface area (Å²) in [4.78, 5) is 6.52. The number of nitrogens with zero attached hydrogens (tertiary/aromatic N) is 2. The Labute approximate surface area is 145 Å². The molecule has 1 aliphatic heterocycles. The van der Waals surface area contributed by atoms with Gasteiger partial charge in [0, 0.05) is 18.5 Å². The van der Waals surface area contributed by atoms with Crippen LogP contribution in [0.4, 0.5) is 13.2 Å². The first-order chi connectivity index (χ1) is 11.9. The normalized spacial score (nSPS) is 21.6. The molecule has 0 aromatic heterocycles. The Balaban J connectivity index is 1.82. The van der Waals surface area contributed by atoms with Gasteiger partial charge < -0.3 is 15.4 Å². The molecule has 7 heteroatoms. The second-order valence-corrected chi connectivity index (χ2v) is 6.84. The van der Waals surface area contributed by atoms with Crippen molar-refractivity contribution in [3.8, 4) is 0 Å². The number of halogens is 3. The lowest BCUT2D eigenvalue weighted by Crippen LogP contribution is -2.45. The number of morpholine rings is 1. The second kappa shape index (κ2) is 7.23. The maximum absolute atomic E-state index is 13.1. The molecule has 0 unspecified atom stereocenters. The molecule has 0 bridgehead atoms. The van der Waals surface area contributed by atoms with Crippen LogP contribution in [0.3, 0.4) is 0 Å². The van der Waals surface area contributed by atoms with Crippen LogP contribution >= 0.6 is 0 Å². The van der Waals surface area contributed by atoms with Gasteiger partial charge in [-0.2, -0.15) is 13.2 Å². The molecule has 0 amide bonds. The van der Waals surface area contributed by atoms with E-state index in [0.717, 1.165) is 37.3 Å². The van der Waals surface area contributed by atoms with Gasteiger partial charge in [-0.3, -0.25) is 4.99 Å². The number of ether oxygens (including phenoxy) is 1. The average Bonchev–Trinajstić information content (AvgIpc) is 3.10. The minimum Gasteiger partial charge on any atom is -0.378 e. The summed E-state index contributed by atoms with van der Waals surface area (Å²) in [6, 6.07) is 5.69. The first-order valence-corrected chi connectivity index (χ1v) is 8.71. The number of rotatable bonds is 3. The van der Waals surface area contributed by atoms with Crippen LogP contribution in [-0.4, -0.2) is 43.7 Å². The van der Waals surface area contributed by atoms with Crippen LogP contribution in [0, 0.1) is 0 Å². The Bertz CT molecular complexity index is 618. The third kappa shape index (κ3) is 4.08. The van der Waals surface area contributed by atoms with Crippen LogP contribution in [0.1, 0.15) is 36.8 Å². The molecule has 1 saturated carbocycles. The highest BCUT2D eigenvalue weighted by Crippen LogP contribution is 2.43. The lowest BCUT2D eigenvalue weighted by molar-refractivity contribution is -0.137. The predicted molar refractivity (Wildman–Crippen MR) is 90.5 cm³/mol. The van der Waals surface area contributed by atoms with Crippen molar-refractivity contribution in [2.75, 3.05) is 32.8 Å². The molecule has 1 aliphatic carbocycles. The van der Waals surface area contributed by atoms with E-state index in [9.17, 15) is 13.2 Å². The fourth-order valence-electron chi connectivity index (χ4n) is 3.74. The van der Waals surface area contributed by atoms with Gasteiger partial charge in [-0.1, -0.05) is 31.0 Å². The molecule has 0 atom stereocenters. The van der Waals surface area contributed by atoms with Crippen LogP contribution < -0.4 is 5.73 Å². The largest absolute Gasteiger partial charge is 0.416 e. The van der Waals surface area contributed by atoms with E-state index in [0.29, 0.717) is 38.8 Å². The molecule has 1 saturated heterocycles. The zero-order valence-electron chi connectivity index (χ0n) is 14.2. The van der Waals surface area contributed by atoms with E-state index in [1.807, 2.05) is 4.90 Å². The highest BCUT2D eigenvalue weighted by molar-refractivity contribution is 5.78. The number of benzene rings is 1. The predicted octanol–water partition coefficient (Wildman–Crippen LogP) is 3.16. The zero-order valence-corrected chi connectivity index (χ0v) is 14.2. The molecule has 3 rings (SSSR count). The van der Waals surface area contributed by atoms with Crippen molar-refractivity contribution in [1.29, 1.82) is 0 Å². The van der Waals surface area contributed by atoms with Gasteiger partial charge in [0.15, 0.2) is 5.96 Å². The van der Waals surface area contributed by atoms with Crippen LogP contribution in [0.25, 0.3) is 0 Å². The number of aliphatic imine (C=N–C) groups is 1. The van der Waals surface area contributed by atoms with Gasteiger partial charge in [0.05, 0.1) is 25.3 Å². The lowest BCUT2D eigenvalue weighted by atomic mass is 9.78. The number of hydrogen-bond donors (Lipinski definition) is 1. The smallest absolute Gasteiger partial charge is 0.378 e. The minimum atomic E-state index is -4.33. The van der Waals surface area contributed by atoms with Crippen molar-refractivity contribution in [2.24, 2.45) is 10.7 Å². The summed E-state index contributed by atoms with van der Waals surface area (Å²) in [6.07, 6.45) is -0.638. The molecule has 25 heavy (non-hydrogen) atoms. The minimum absolute atomic E-state index is 0.349. The fourth-order valence-corrected chi connectivity index (χ4v) is 3.74. The summed E-state index contributed by atoms with van der Waals surface area (Å²) in [5.41, 5.74) is 5.88. The molecule has 1 heterocycles. The van der Waals surface area contributed by atoms with Crippen molar-refractivity contribution in [3.63, 3.8) is 0 Å². The Kier molecular flexibility index (Phi) is 5.22. The van der Waals surface area contributed by atoms with Crippen LogP contribution in [0.2, 0.25) is 0 Å². The first-order valence-electron chi connectivity index (χ1n) is 8.71. The molecule has 2 fully saturated rings. The van der Waals surface area contributed by atoms with Gasteiger partial charge in [0.25, 0.3) is 0 Å². The van der Waals surface area contributed by atoms with Crippen molar-refractivity contribution in [3.05, 3.63) is 35.4 Å². The molecular formula is C18H24F3N3O. The Hall–Kier alpha value is -1.76. The van der Waals surface area contributed by atoms with E-state index in [1.165, 1.54) is 12.1 Å². The molecule has 138 valence electrons. The summed E-state index contributed by atoms with van der Waals surface area (Å²) in [5.74, 6) is 0.460. The van der Waals surface area contributed by atoms with Gasteiger partial charge in [-0.05, 0) is 24.5 Å². The van der Waals surface area contributed by atoms with Gasteiger partial charge >= 0.3 is 6.18 Å². The highest BCUT2D eigenvalue weighted by atomic mass is 19.4. The van der Waals surface area contributed by atoms with Crippen LogP contribution in [-0.2, 0) is 16.3 Å². The summed E-state index contributed by atoms with van der Waals surface area (Å²) in [6.45, 7) is 3.07. The maximum Gasteiger partial charge on any atom is 0.416 e. The molecule has 0 radical (unpaired) electrons. The first kappa shape index (κ1) is 18.0. The monoisotopic (exact) mass is 355 g/mol. The molecule has 0 spiro atoms. The zero-order chi connectivity index (χ0) is 17.9. The highest BCUT2D eigenvalue weighted by Gasteiger charge is 2.38. The van der Waals surface area contributed by atoms with E-state index in [-0.39, 0.29) is 5.41 Å². The van der Waals surface area contributed by atoms with E-state index >= 15 is 0 Å². The fraction of sp³-hybridized carbons (Fsp3) is 0.611. The number of alkyl halides is 3. The van der Waals surface area contributed by atoms with Gasteiger partial charge in [-0.25, -0.2) is 0 Å². The number of guanidine groups is 1. The number of hydrogen-bond acceptors (Lipinski definition) is 2. The SMILES string of the molecule is NC(=NCC1(c2cccc(C(F)(F)F)c2)CCCC1)N1CCOCC1. The van der Waals surface area contributed by atoms with Gasteiger partial charge in [0.2, 0.25) is 0 Å². The van der Waals surface area contributed by atoms with E-state index in [1.54, 1.807) is 6.07 Å². The summed E-state index contributed by atoms with van der Waals surface area (Å²) in [5, 5.41) is 0. The lowest BCUT2D eigenvalue weighted by Gasteiger charge is -2.31. The molecule has 2 aliphatic rings. The van der Waals surface area contributed by atoms with Crippen LogP contribution in [0.5, 0.6) is 0 Å². The van der Waals surface area contributed by atoms with E-state index in [2.05, 4.69) is 4.99 Å². The van der Waals surface area contributed by atoms with E-state index < -0.39 is 11.7 Å². The van der Waals surface area contributed by atoms with Crippen molar-refractivity contribution < 1.29 is 17.9 Å². The third-order valence-corrected chi connectivity index (χ3v) is 5.24. The molecule has 4 nitrogen and oxygen atoms in total. The quantitative estimate of drug-likeness (QED) is 0.669. The summed E-state index contributed by atoms with van der Waals surface area (Å²) >= 11 is 0. The molecule has 2 N–H and O–H groups in total. The Morgan fingerprint density at radius 2 is 1.88 bits per heavy atom. The standard InChI is InChI=1S/C18H24F3N3O/c19-18(20,21)15-5-3-4-14(12-15)17(6-1-2-7-17)13-23-16(22)24-8-10-25-11-9-24/h3-5,12H,1-2,6-11,13H2,(H2,22,23). The van der Waals surface area contributed by atoms with E-state index in [4.69, 9.17) is 10.5 Å². The van der Waals surface area contributed by atoms with Crippen LogP contribution in [0.15, 0.2) is 29.3 Å². The number of nitrogens with two attached hydrogens (primary N) is 1. The van der Waals surface area contributed by atoms with Gasteiger partial charge in [-0.15, -0.1) is 0 Å². The van der Waals surface area contributed by atoms with Crippen molar-refractivity contribution in [2.45, 2.75) is 37.3 Å². The molecular weight excluding hydrogens is 331 g/mol. The molecule has 1 aromatic rings. The maximum atomic E-state index is 13.1. The van der Waals surface area contributed by atoms with Gasteiger partial charge in [0.1, 0.15) is 0 Å². The Morgan fingerprint density at radius 3 is 2.52 bits per heavy atom.